The number of hydrogen-bond acceptors (Lipinski definition) is 8. The summed E-state index contributed by atoms with van der Waals surface area (Å²) in [7, 11) is 0. The zero-order chi connectivity index (χ0) is 24.4. The van der Waals surface area contributed by atoms with Crippen LogP contribution in [0.5, 0.6) is 0 Å². The second-order valence-corrected chi connectivity index (χ2v) is 8.88. The third-order valence-corrected chi connectivity index (χ3v) is 5.87. The quantitative estimate of drug-likeness (QED) is 0.136. The molecule has 0 aromatic carbocycles. The van der Waals surface area contributed by atoms with Crippen LogP contribution in [0.25, 0.3) is 0 Å². The number of hydrogen-bond donors (Lipinski definition) is 2. The fourth-order valence-electron chi connectivity index (χ4n) is 3.73. The van der Waals surface area contributed by atoms with Crippen molar-refractivity contribution in [3.8, 4) is 0 Å². The van der Waals surface area contributed by atoms with Crippen molar-refractivity contribution in [2.75, 3.05) is 13.2 Å². The topological polar surface area (TPSA) is 123 Å². The van der Waals surface area contributed by atoms with Gasteiger partial charge in [0.15, 0.2) is 0 Å². The van der Waals surface area contributed by atoms with Gasteiger partial charge >= 0.3 is 23.7 Å². The molecule has 192 valence electrons. The number of esters is 2. The molecule has 1 heterocycles. The van der Waals surface area contributed by atoms with Gasteiger partial charge in [0.05, 0.1) is 6.61 Å². The van der Waals surface area contributed by atoms with Gasteiger partial charge in [0, 0.05) is 19.4 Å². The summed E-state index contributed by atoms with van der Waals surface area (Å²) in [6, 6.07) is 0. The van der Waals surface area contributed by atoms with E-state index in [-0.39, 0.29) is 26.1 Å². The Morgan fingerprint density at radius 1 is 0.848 bits per heavy atom. The molecular weight excluding hydrogens is 428 g/mol. The van der Waals surface area contributed by atoms with E-state index in [1.54, 1.807) is 0 Å². The van der Waals surface area contributed by atoms with Crippen LogP contribution in [0.4, 0.5) is 0 Å². The summed E-state index contributed by atoms with van der Waals surface area (Å²) in [5.41, 5.74) is 0. The van der Waals surface area contributed by atoms with Crippen molar-refractivity contribution in [2.45, 2.75) is 128 Å². The average molecular weight is 473 g/mol. The van der Waals surface area contributed by atoms with Crippen molar-refractivity contribution in [2.24, 2.45) is 0 Å². The molecule has 0 bridgehead atoms. The first-order chi connectivity index (χ1) is 16.0. The van der Waals surface area contributed by atoms with Crippen LogP contribution >= 0.6 is 0 Å². The highest BCUT2D eigenvalue weighted by Gasteiger charge is 2.71. The molecule has 0 radical (unpaired) electrons. The second-order valence-electron chi connectivity index (χ2n) is 8.88. The summed E-state index contributed by atoms with van der Waals surface area (Å²) in [6.07, 6.45) is 16.5. The van der Waals surface area contributed by atoms with Crippen molar-refractivity contribution in [1.29, 1.82) is 0 Å². The lowest BCUT2D eigenvalue weighted by molar-refractivity contribution is -0.185. The monoisotopic (exact) mass is 472 g/mol. The minimum absolute atomic E-state index is 0.0862. The van der Waals surface area contributed by atoms with Crippen LogP contribution in [0.2, 0.25) is 0 Å². The number of unbranched alkanes of at least 4 members (excludes halogenated alkanes) is 14. The van der Waals surface area contributed by atoms with Crippen molar-refractivity contribution in [1.82, 2.24) is 0 Å². The molecule has 2 atom stereocenters. The van der Waals surface area contributed by atoms with E-state index < -0.39 is 29.8 Å². The molecule has 0 aromatic heterocycles. The number of rotatable bonds is 22. The Morgan fingerprint density at radius 3 is 1.73 bits per heavy atom. The highest BCUT2D eigenvalue weighted by Crippen LogP contribution is 2.36. The zero-order valence-corrected chi connectivity index (χ0v) is 20.4. The Balaban J connectivity index is 2.01. The molecule has 8 nitrogen and oxygen atoms in total. The molecule has 1 rings (SSSR count). The van der Waals surface area contributed by atoms with Gasteiger partial charge in [-0.3, -0.25) is 4.79 Å². The molecule has 0 spiro atoms. The maximum absolute atomic E-state index is 12.0. The van der Waals surface area contributed by atoms with Gasteiger partial charge in [-0.15, -0.1) is 0 Å². The van der Waals surface area contributed by atoms with E-state index in [4.69, 9.17) is 14.6 Å². The van der Waals surface area contributed by atoms with E-state index in [1.165, 1.54) is 70.6 Å². The molecule has 1 aliphatic heterocycles. The minimum atomic E-state index is -2.27. The van der Waals surface area contributed by atoms with E-state index in [0.717, 1.165) is 19.3 Å². The first-order valence-corrected chi connectivity index (χ1v) is 12.9. The van der Waals surface area contributed by atoms with Crippen LogP contribution in [0.15, 0.2) is 0 Å². The number of aliphatic hydroxyl groups excluding tert-OH is 2. The molecule has 0 aliphatic carbocycles. The van der Waals surface area contributed by atoms with Gasteiger partial charge in [0.1, 0.15) is 0 Å². The maximum Gasteiger partial charge on any atom is 0.400 e. The Labute approximate surface area is 198 Å². The van der Waals surface area contributed by atoms with Crippen LogP contribution in [-0.2, 0) is 28.6 Å². The number of carbonyl (C=O) groups excluding carboxylic acids is 3. The Morgan fingerprint density at radius 2 is 1.30 bits per heavy atom. The van der Waals surface area contributed by atoms with E-state index in [1.807, 2.05) is 0 Å². The normalized spacial score (nSPS) is 18.0. The third kappa shape index (κ3) is 12.4. The summed E-state index contributed by atoms with van der Waals surface area (Å²) in [6.45, 7) is 1.94. The lowest BCUT2D eigenvalue weighted by atomic mass is 10.0. The van der Waals surface area contributed by atoms with Gasteiger partial charge in [-0.05, 0) is 6.42 Å². The molecule has 8 heteroatoms. The fraction of sp³-hybridized carbons (Fsp3) is 0.880. The zero-order valence-electron chi connectivity index (χ0n) is 20.4. The standard InChI is InChI=1S/C25H44O8/c1-2-3-4-5-6-7-8-9-10-11-12-13-14-15-16-18-21(27)32-25(24(30)33-25)22(28)23(29)31-20-17-19-26/h22,26,28H,2-20H2,1H3. The number of cyclic esters (lactones) is 1. The van der Waals surface area contributed by atoms with E-state index >= 15 is 0 Å². The van der Waals surface area contributed by atoms with Gasteiger partial charge in [0.25, 0.3) is 0 Å². The van der Waals surface area contributed by atoms with Crippen molar-refractivity contribution in [3.63, 3.8) is 0 Å². The Bertz CT molecular complexity index is 565. The van der Waals surface area contributed by atoms with Crippen molar-refractivity contribution < 1.29 is 38.8 Å². The second kappa shape index (κ2) is 17.8. The van der Waals surface area contributed by atoms with Crippen molar-refractivity contribution >= 4 is 17.9 Å². The van der Waals surface area contributed by atoms with Gasteiger partial charge < -0.3 is 24.4 Å². The molecule has 0 amide bonds. The lowest BCUT2D eigenvalue weighted by Gasteiger charge is -2.15. The van der Waals surface area contributed by atoms with Gasteiger partial charge in [-0.2, -0.15) is 0 Å². The van der Waals surface area contributed by atoms with E-state index in [0.29, 0.717) is 6.42 Å². The highest BCUT2D eigenvalue weighted by atomic mass is 16.8. The molecule has 0 saturated carbocycles. The number of aliphatic hydroxyl groups is 2. The third-order valence-electron chi connectivity index (χ3n) is 5.87. The van der Waals surface area contributed by atoms with Crippen LogP contribution in [0, 0.1) is 0 Å². The molecule has 33 heavy (non-hydrogen) atoms. The van der Waals surface area contributed by atoms with Crippen LogP contribution in [-0.4, -0.2) is 53.2 Å². The molecule has 1 saturated heterocycles. The predicted molar refractivity (Wildman–Crippen MR) is 123 cm³/mol. The number of ether oxygens (including phenoxy) is 3. The fourth-order valence-corrected chi connectivity index (χ4v) is 3.73. The molecule has 1 fully saturated rings. The smallest absolute Gasteiger partial charge is 0.400 e. The SMILES string of the molecule is CCCCCCCCCCCCCCCCCC(=O)OC1(C(O)C(=O)OCCCO)OC1=O. The predicted octanol–water partition coefficient (Wildman–Crippen LogP) is 4.33. The molecule has 2 N–H and O–H groups in total. The first-order valence-electron chi connectivity index (χ1n) is 12.9. The molecule has 2 unspecified atom stereocenters. The summed E-state index contributed by atoms with van der Waals surface area (Å²) in [5, 5.41) is 18.7. The average Bonchev–Trinajstić information content (AvgIpc) is 3.45. The van der Waals surface area contributed by atoms with Gasteiger partial charge in [-0.25, -0.2) is 9.59 Å². The Hall–Kier alpha value is -1.67. The van der Waals surface area contributed by atoms with Gasteiger partial charge in [-0.1, -0.05) is 96.8 Å². The Kier molecular flexibility index (Phi) is 15.8. The van der Waals surface area contributed by atoms with Crippen LogP contribution in [0.1, 0.15) is 116 Å². The largest absolute Gasteiger partial charge is 0.463 e. The number of carbonyl (C=O) groups is 3. The maximum atomic E-state index is 12.0. The molecule has 0 aromatic rings. The van der Waals surface area contributed by atoms with Crippen molar-refractivity contribution in [3.05, 3.63) is 0 Å². The minimum Gasteiger partial charge on any atom is -0.463 e. The summed E-state index contributed by atoms with van der Waals surface area (Å²) in [5.74, 6) is -5.08. The molecular formula is C25H44O8. The summed E-state index contributed by atoms with van der Waals surface area (Å²) in [4.78, 5) is 35.3. The first kappa shape index (κ1) is 29.4. The van der Waals surface area contributed by atoms with E-state index in [2.05, 4.69) is 11.7 Å². The number of epoxide rings is 1. The van der Waals surface area contributed by atoms with Gasteiger partial charge in [0.2, 0.25) is 6.10 Å². The van der Waals surface area contributed by atoms with Crippen LogP contribution in [0.3, 0.4) is 0 Å². The highest BCUT2D eigenvalue weighted by molar-refractivity contribution is 5.99. The summed E-state index contributed by atoms with van der Waals surface area (Å²) < 4.78 is 14.3. The van der Waals surface area contributed by atoms with Crippen LogP contribution < -0.4 is 0 Å². The molecule has 1 aliphatic rings. The summed E-state index contributed by atoms with van der Waals surface area (Å²) >= 11 is 0. The lowest BCUT2D eigenvalue weighted by Crippen LogP contribution is -2.43. The van der Waals surface area contributed by atoms with E-state index in [9.17, 15) is 19.5 Å².